The van der Waals surface area contributed by atoms with Crippen LogP contribution in [0.2, 0.25) is 0 Å². The summed E-state index contributed by atoms with van der Waals surface area (Å²) in [5, 5.41) is 24.2. The number of phenols is 1. The van der Waals surface area contributed by atoms with Gasteiger partial charge in [0.2, 0.25) is 5.91 Å². The molecule has 0 aromatic heterocycles. The smallest absolute Gasteiger partial charge is 0.318 e. The lowest BCUT2D eigenvalue weighted by Gasteiger charge is -2.61. The highest BCUT2D eigenvalue weighted by Gasteiger charge is 2.61. The first-order valence-corrected chi connectivity index (χ1v) is 9.44. The van der Waals surface area contributed by atoms with Crippen LogP contribution in [0.3, 0.4) is 0 Å². The minimum absolute atomic E-state index is 0.104. The highest BCUT2D eigenvalue weighted by molar-refractivity contribution is 5.94. The number of aryl methyl sites for hydroxylation is 1. The number of imide groups is 1. The van der Waals surface area contributed by atoms with Crippen LogP contribution in [-0.2, 0) is 10.2 Å². The Morgan fingerprint density at radius 1 is 1.33 bits per heavy atom. The van der Waals surface area contributed by atoms with Gasteiger partial charge in [-0.1, -0.05) is 6.07 Å². The summed E-state index contributed by atoms with van der Waals surface area (Å²) >= 11 is 0. The van der Waals surface area contributed by atoms with Crippen molar-refractivity contribution in [3.05, 3.63) is 29.3 Å². The van der Waals surface area contributed by atoms with Gasteiger partial charge in [-0.05, 0) is 76.4 Å². The van der Waals surface area contributed by atoms with Crippen molar-refractivity contribution in [3.8, 4) is 5.75 Å². The highest BCUT2D eigenvalue weighted by atomic mass is 16.3. The second kappa shape index (κ2) is 6.80. The van der Waals surface area contributed by atoms with E-state index >= 15 is 0 Å². The number of likely N-dealkylation sites (N-methyl/N-ethyl adjacent to an activating group) is 1. The van der Waals surface area contributed by atoms with Crippen molar-refractivity contribution >= 4 is 11.9 Å². The molecule has 1 saturated heterocycles. The fourth-order valence-electron chi connectivity index (χ4n) is 5.24. The first-order chi connectivity index (χ1) is 12.6. The standard InChI is InChI=1S/C20H29N3O4/c1-12-4-5-15(24)10-16(12)19-8-9-23(3)13(2)20(19,27)7-6-14(11-19)17(25)22-18(21)26/h4-5,10,13-14,24,27H,6-9,11H2,1-3H3,(H3,21,22,25,26). The number of piperidine rings is 1. The molecular weight excluding hydrogens is 346 g/mol. The molecule has 4 atom stereocenters. The molecule has 27 heavy (non-hydrogen) atoms. The number of carbonyl (C=O) groups excluding carboxylic acids is 2. The zero-order chi connectivity index (χ0) is 20.0. The molecule has 3 amide bonds. The van der Waals surface area contributed by atoms with Crippen LogP contribution in [0.25, 0.3) is 0 Å². The Morgan fingerprint density at radius 2 is 2.04 bits per heavy atom. The predicted octanol–water partition coefficient (Wildman–Crippen LogP) is 1.39. The number of benzene rings is 1. The number of primary amides is 1. The molecular formula is C20H29N3O4. The minimum Gasteiger partial charge on any atom is -0.508 e. The van der Waals surface area contributed by atoms with Crippen LogP contribution >= 0.6 is 0 Å². The van der Waals surface area contributed by atoms with Gasteiger partial charge < -0.3 is 20.8 Å². The topological polar surface area (TPSA) is 116 Å². The Balaban J connectivity index is 2.10. The maximum Gasteiger partial charge on any atom is 0.318 e. The number of urea groups is 1. The number of rotatable bonds is 2. The number of nitrogens with one attached hydrogen (secondary N) is 1. The minimum atomic E-state index is -1.04. The lowest BCUT2D eigenvalue weighted by atomic mass is 9.51. The van der Waals surface area contributed by atoms with Gasteiger partial charge in [-0.25, -0.2) is 4.79 Å². The number of nitrogens with two attached hydrogens (primary N) is 1. The first kappa shape index (κ1) is 19.6. The summed E-state index contributed by atoms with van der Waals surface area (Å²) in [6, 6.07) is 4.23. The molecule has 0 radical (unpaired) electrons. The van der Waals surface area contributed by atoms with Gasteiger partial charge in [0.05, 0.1) is 5.60 Å². The van der Waals surface area contributed by atoms with Crippen molar-refractivity contribution in [1.29, 1.82) is 0 Å². The summed E-state index contributed by atoms with van der Waals surface area (Å²) in [4.78, 5) is 25.8. The van der Waals surface area contributed by atoms with Crippen LogP contribution in [0, 0.1) is 12.8 Å². The lowest BCUT2D eigenvalue weighted by molar-refractivity contribution is -0.162. The number of nitrogens with zero attached hydrogens (tertiary/aromatic N) is 1. The fourth-order valence-corrected chi connectivity index (χ4v) is 5.24. The number of hydrogen-bond donors (Lipinski definition) is 4. The third-order valence-electron chi connectivity index (χ3n) is 6.89. The van der Waals surface area contributed by atoms with Crippen LogP contribution in [0.1, 0.15) is 43.7 Å². The Kier molecular flexibility index (Phi) is 4.94. The first-order valence-electron chi connectivity index (χ1n) is 9.44. The molecule has 1 saturated carbocycles. The van der Waals surface area contributed by atoms with Crippen molar-refractivity contribution in [2.75, 3.05) is 13.6 Å². The predicted molar refractivity (Wildman–Crippen MR) is 101 cm³/mol. The molecule has 148 valence electrons. The van der Waals surface area contributed by atoms with E-state index in [-0.39, 0.29) is 11.8 Å². The van der Waals surface area contributed by atoms with Crippen molar-refractivity contribution < 1.29 is 19.8 Å². The Hall–Kier alpha value is -2.12. The van der Waals surface area contributed by atoms with Crippen molar-refractivity contribution in [1.82, 2.24) is 10.2 Å². The van der Waals surface area contributed by atoms with Crippen LogP contribution in [0.4, 0.5) is 4.79 Å². The molecule has 7 nitrogen and oxygen atoms in total. The highest BCUT2D eigenvalue weighted by Crippen LogP contribution is 2.56. The molecule has 5 N–H and O–H groups in total. The van der Waals surface area contributed by atoms with Crippen molar-refractivity contribution in [3.63, 3.8) is 0 Å². The second-order valence-corrected chi connectivity index (χ2v) is 8.21. The molecule has 0 spiro atoms. The lowest BCUT2D eigenvalue weighted by Crippen LogP contribution is -2.69. The Bertz CT molecular complexity index is 768. The van der Waals surface area contributed by atoms with E-state index in [4.69, 9.17) is 5.73 Å². The third-order valence-corrected chi connectivity index (χ3v) is 6.89. The van der Waals surface area contributed by atoms with E-state index in [2.05, 4.69) is 10.2 Å². The third kappa shape index (κ3) is 3.08. The number of fused-ring (bicyclic) bond motifs is 1. The van der Waals surface area contributed by atoms with Crippen LogP contribution in [0.5, 0.6) is 5.75 Å². The number of amides is 3. The zero-order valence-corrected chi connectivity index (χ0v) is 16.2. The van der Waals surface area contributed by atoms with Gasteiger partial charge in [-0.2, -0.15) is 0 Å². The average molecular weight is 375 g/mol. The molecule has 7 heteroatoms. The van der Waals surface area contributed by atoms with Gasteiger partial charge >= 0.3 is 6.03 Å². The molecule has 1 heterocycles. The second-order valence-electron chi connectivity index (χ2n) is 8.21. The van der Waals surface area contributed by atoms with E-state index in [1.54, 1.807) is 12.1 Å². The van der Waals surface area contributed by atoms with Crippen molar-refractivity contribution in [2.24, 2.45) is 11.7 Å². The van der Waals surface area contributed by atoms with E-state index < -0.39 is 28.9 Å². The van der Waals surface area contributed by atoms with Gasteiger partial charge in [-0.15, -0.1) is 0 Å². The summed E-state index contributed by atoms with van der Waals surface area (Å²) in [6.07, 6.45) is 1.98. The number of aliphatic hydroxyl groups is 1. The molecule has 1 aromatic rings. The number of phenolic OH excluding ortho intramolecular Hbond substituents is 1. The number of hydrogen-bond acceptors (Lipinski definition) is 5. The largest absolute Gasteiger partial charge is 0.508 e. The normalized spacial score (nSPS) is 33.9. The summed E-state index contributed by atoms with van der Waals surface area (Å²) in [5.74, 6) is -0.675. The van der Waals surface area contributed by atoms with Crippen molar-refractivity contribution in [2.45, 2.75) is 56.6 Å². The molecule has 3 rings (SSSR count). The van der Waals surface area contributed by atoms with E-state index in [1.807, 2.05) is 27.0 Å². The molecule has 2 fully saturated rings. The maximum atomic E-state index is 12.5. The summed E-state index contributed by atoms with van der Waals surface area (Å²) in [5.41, 5.74) is 5.25. The van der Waals surface area contributed by atoms with E-state index in [9.17, 15) is 19.8 Å². The van der Waals surface area contributed by atoms with Gasteiger partial charge in [0, 0.05) is 17.4 Å². The van der Waals surface area contributed by atoms with E-state index in [1.165, 1.54) is 0 Å². The number of likely N-dealkylation sites (tertiary alicyclic amines) is 1. The van der Waals surface area contributed by atoms with Gasteiger partial charge in [-0.3, -0.25) is 10.1 Å². The monoisotopic (exact) mass is 375 g/mol. The molecule has 4 unspecified atom stereocenters. The molecule has 1 aromatic carbocycles. The Labute approximate surface area is 159 Å². The molecule has 1 aliphatic heterocycles. The molecule has 0 bridgehead atoms. The molecule has 2 aliphatic rings. The van der Waals surface area contributed by atoms with Gasteiger partial charge in [0.1, 0.15) is 5.75 Å². The van der Waals surface area contributed by atoms with Gasteiger partial charge in [0.25, 0.3) is 0 Å². The summed E-state index contributed by atoms with van der Waals surface area (Å²) in [7, 11) is 1.99. The fraction of sp³-hybridized carbons (Fsp3) is 0.600. The molecule has 1 aliphatic carbocycles. The SMILES string of the molecule is Cc1ccc(O)cc1C12CCN(C)C(C)C1(O)CCC(C(=O)NC(N)=O)C2. The van der Waals surface area contributed by atoms with Crippen LogP contribution in [0.15, 0.2) is 18.2 Å². The van der Waals surface area contributed by atoms with E-state index in [0.717, 1.165) is 17.7 Å². The van der Waals surface area contributed by atoms with Crippen LogP contribution < -0.4 is 11.1 Å². The number of carbonyl (C=O) groups is 2. The quantitative estimate of drug-likeness (QED) is 0.623. The number of aromatic hydroxyl groups is 1. The summed E-state index contributed by atoms with van der Waals surface area (Å²) in [6.45, 7) is 4.73. The maximum absolute atomic E-state index is 12.5. The van der Waals surface area contributed by atoms with Gasteiger partial charge in [0.15, 0.2) is 0 Å². The summed E-state index contributed by atoms with van der Waals surface area (Å²) < 4.78 is 0. The average Bonchev–Trinajstić information content (AvgIpc) is 2.60. The zero-order valence-electron chi connectivity index (χ0n) is 16.2. The van der Waals surface area contributed by atoms with E-state index in [0.29, 0.717) is 25.7 Å². The Morgan fingerprint density at radius 3 is 2.70 bits per heavy atom. The van der Waals surface area contributed by atoms with Crippen LogP contribution in [-0.4, -0.2) is 52.3 Å².